The maximum Gasteiger partial charge on any atom is 0.226 e. The summed E-state index contributed by atoms with van der Waals surface area (Å²) in [5, 5.41) is 0. The van der Waals surface area contributed by atoms with Gasteiger partial charge in [0, 0.05) is 32.2 Å². The van der Waals surface area contributed by atoms with Crippen LogP contribution in [-0.4, -0.2) is 54.5 Å². The van der Waals surface area contributed by atoms with Gasteiger partial charge in [-0.15, -0.1) is 0 Å². The maximum absolute atomic E-state index is 12.2. The van der Waals surface area contributed by atoms with E-state index in [9.17, 15) is 4.79 Å². The van der Waals surface area contributed by atoms with Gasteiger partial charge in [-0.05, 0) is 25.5 Å². The van der Waals surface area contributed by atoms with E-state index in [2.05, 4.69) is 18.7 Å². The molecule has 0 N–H and O–H groups in total. The summed E-state index contributed by atoms with van der Waals surface area (Å²) in [6.45, 7) is 8.58. The molecule has 1 fully saturated rings. The molecule has 1 aliphatic rings. The van der Waals surface area contributed by atoms with E-state index in [0.717, 1.165) is 31.9 Å². The molecule has 116 valence electrons. The molecular weight excluding hydrogens is 264 g/mol. The van der Waals surface area contributed by atoms with Crippen molar-refractivity contribution in [2.75, 3.05) is 32.8 Å². The number of benzene rings is 1. The van der Waals surface area contributed by atoms with E-state index in [1.54, 1.807) is 0 Å². The fraction of sp³-hybridized carbons (Fsp3) is 0.588. The van der Waals surface area contributed by atoms with Crippen LogP contribution in [0.2, 0.25) is 0 Å². The molecule has 1 saturated heterocycles. The average molecular weight is 290 g/mol. The van der Waals surface area contributed by atoms with Crippen molar-refractivity contribution in [2.45, 2.75) is 32.7 Å². The van der Waals surface area contributed by atoms with Gasteiger partial charge < -0.3 is 9.64 Å². The zero-order valence-electron chi connectivity index (χ0n) is 13.1. The standard InChI is InChI=1S/C17H26N2O2/c1-3-15(2)18-10-12-19(13-11-18)17(20)9-14-21-16-7-5-4-6-8-16/h4-8,15H,3,9-14H2,1-2H3. The molecule has 0 bridgehead atoms. The lowest BCUT2D eigenvalue weighted by Crippen LogP contribution is -2.51. The first-order chi connectivity index (χ1) is 10.2. The van der Waals surface area contributed by atoms with Gasteiger partial charge in [0.2, 0.25) is 5.91 Å². The highest BCUT2D eigenvalue weighted by molar-refractivity contribution is 5.76. The molecule has 0 radical (unpaired) electrons. The number of piperazine rings is 1. The molecule has 1 atom stereocenters. The number of hydrogen-bond donors (Lipinski definition) is 0. The SMILES string of the molecule is CCC(C)N1CCN(C(=O)CCOc2ccccc2)CC1. The van der Waals surface area contributed by atoms with E-state index < -0.39 is 0 Å². The van der Waals surface area contributed by atoms with Crippen LogP contribution in [-0.2, 0) is 4.79 Å². The lowest BCUT2D eigenvalue weighted by atomic mass is 10.2. The Morgan fingerprint density at radius 2 is 1.86 bits per heavy atom. The van der Waals surface area contributed by atoms with Gasteiger partial charge in [-0.3, -0.25) is 9.69 Å². The van der Waals surface area contributed by atoms with Gasteiger partial charge in [-0.1, -0.05) is 25.1 Å². The van der Waals surface area contributed by atoms with E-state index in [-0.39, 0.29) is 5.91 Å². The van der Waals surface area contributed by atoms with Crippen LogP contribution in [0.4, 0.5) is 0 Å². The van der Waals surface area contributed by atoms with Gasteiger partial charge in [0.25, 0.3) is 0 Å². The Morgan fingerprint density at radius 3 is 2.48 bits per heavy atom. The number of ether oxygens (including phenoxy) is 1. The third-order valence-electron chi connectivity index (χ3n) is 4.21. The summed E-state index contributed by atoms with van der Waals surface area (Å²) in [6, 6.07) is 10.3. The number of para-hydroxylation sites is 1. The molecule has 1 amide bonds. The van der Waals surface area contributed by atoms with Crippen molar-refractivity contribution in [3.63, 3.8) is 0 Å². The van der Waals surface area contributed by atoms with Crippen molar-refractivity contribution in [1.29, 1.82) is 0 Å². The van der Waals surface area contributed by atoms with Crippen molar-refractivity contribution < 1.29 is 9.53 Å². The molecule has 2 rings (SSSR count). The normalized spacial score (nSPS) is 17.5. The Labute approximate surface area is 127 Å². The van der Waals surface area contributed by atoms with Crippen LogP contribution in [0.15, 0.2) is 30.3 Å². The fourth-order valence-electron chi connectivity index (χ4n) is 2.60. The Balaban J connectivity index is 1.68. The van der Waals surface area contributed by atoms with Gasteiger partial charge in [0.15, 0.2) is 0 Å². The van der Waals surface area contributed by atoms with E-state index in [1.807, 2.05) is 35.2 Å². The summed E-state index contributed by atoms with van der Waals surface area (Å²) < 4.78 is 5.59. The molecule has 1 aromatic carbocycles. The predicted molar refractivity (Wildman–Crippen MR) is 84.5 cm³/mol. The Hall–Kier alpha value is -1.55. The Bertz CT molecular complexity index is 428. The summed E-state index contributed by atoms with van der Waals surface area (Å²) in [5.74, 6) is 1.03. The second-order valence-corrected chi connectivity index (χ2v) is 5.59. The molecule has 0 aliphatic carbocycles. The minimum atomic E-state index is 0.203. The van der Waals surface area contributed by atoms with Crippen LogP contribution in [0, 0.1) is 0 Å². The number of amides is 1. The molecule has 4 nitrogen and oxygen atoms in total. The van der Waals surface area contributed by atoms with Gasteiger partial charge in [0.05, 0.1) is 13.0 Å². The first-order valence-electron chi connectivity index (χ1n) is 7.90. The number of rotatable bonds is 6. The van der Waals surface area contributed by atoms with Crippen LogP contribution in [0.25, 0.3) is 0 Å². The molecule has 1 heterocycles. The number of nitrogens with zero attached hydrogens (tertiary/aromatic N) is 2. The molecule has 0 saturated carbocycles. The van der Waals surface area contributed by atoms with Gasteiger partial charge in [-0.25, -0.2) is 0 Å². The number of carbonyl (C=O) groups excluding carboxylic acids is 1. The minimum absolute atomic E-state index is 0.203. The smallest absolute Gasteiger partial charge is 0.226 e. The van der Waals surface area contributed by atoms with E-state index in [4.69, 9.17) is 4.74 Å². The van der Waals surface area contributed by atoms with Crippen LogP contribution < -0.4 is 4.74 Å². The zero-order valence-corrected chi connectivity index (χ0v) is 13.1. The first kappa shape index (κ1) is 15.8. The van der Waals surface area contributed by atoms with Crippen LogP contribution in [0.1, 0.15) is 26.7 Å². The summed E-state index contributed by atoms with van der Waals surface area (Å²) in [6.07, 6.45) is 1.62. The van der Waals surface area contributed by atoms with Crippen LogP contribution in [0.5, 0.6) is 5.75 Å². The monoisotopic (exact) mass is 290 g/mol. The lowest BCUT2D eigenvalue weighted by molar-refractivity contribution is -0.133. The van der Waals surface area contributed by atoms with Crippen molar-refractivity contribution in [3.8, 4) is 5.75 Å². The van der Waals surface area contributed by atoms with E-state index in [0.29, 0.717) is 19.1 Å². The second-order valence-electron chi connectivity index (χ2n) is 5.59. The molecule has 4 heteroatoms. The lowest BCUT2D eigenvalue weighted by Gasteiger charge is -2.37. The van der Waals surface area contributed by atoms with Crippen LogP contribution in [0.3, 0.4) is 0 Å². The average Bonchev–Trinajstić information content (AvgIpc) is 2.55. The highest BCUT2D eigenvalue weighted by Crippen LogP contribution is 2.11. The third-order valence-corrected chi connectivity index (χ3v) is 4.21. The van der Waals surface area contributed by atoms with Crippen molar-refractivity contribution >= 4 is 5.91 Å². The Kier molecular flexibility index (Phi) is 6.05. The summed E-state index contributed by atoms with van der Waals surface area (Å²) in [5.41, 5.74) is 0. The molecule has 1 aromatic rings. The topological polar surface area (TPSA) is 32.8 Å². The molecular formula is C17H26N2O2. The number of hydrogen-bond acceptors (Lipinski definition) is 3. The van der Waals surface area contributed by atoms with E-state index in [1.165, 1.54) is 6.42 Å². The van der Waals surface area contributed by atoms with Gasteiger partial charge >= 0.3 is 0 Å². The quantitative estimate of drug-likeness (QED) is 0.806. The van der Waals surface area contributed by atoms with E-state index >= 15 is 0 Å². The largest absolute Gasteiger partial charge is 0.493 e. The summed E-state index contributed by atoms with van der Waals surface area (Å²) in [4.78, 5) is 16.6. The second kappa shape index (κ2) is 8.03. The molecule has 0 spiro atoms. The highest BCUT2D eigenvalue weighted by atomic mass is 16.5. The molecule has 1 unspecified atom stereocenters. The van der Waals surface area contributed by atoms with Gasteiger partial charge in [0.1, 0.15) is 5.75 Å². The highest BCUT2D eigenvalue weighted by Gasteiger charge is 2.22. The molecule has 21 heavy (non-hydrogen) atoms. The predicted octanol–water partition coefficient (Wildman–Crippen LogP) is 2.40. The summed E-state index contributed by atoms with van der Waals surface area (Å²) >= 11 is 0. The minimum Gasteiger partial charge on any atom is -0.493 e. The van der Waals surface area contributed by atoms with Crippen LogP contribution >= 0.6 is 0 Å². The zero-order chi connectivity index (χ0) is 15.1. The molecule has 1 aliphatic heterocycles. The van der Waals surface area contributed by atoms with Gasteiger partial charge in [-0.2, -0.15) is 0 Å². The maximum atomic E-state index is 12.2. The van der Waals surface area contributed by atoms with Crippen molar-refractivity contribution in [3.05, 3.63) is 30.3 Å². The first-order valence-corrected chi connectivity index (χ1v) is 7.90. The molecule has 0 aromatic heterocycles. The number of carbonyl (C=O) groups is 1. The fourth-order valence-corrected chi connectivity index (χ4v) is 2.60. The third kappa shape index (κ3) is 4.74. The van der Waals surface area contributed by atoms with Crippen molar-refractivity contribution in [2.24, 2.45) is 0 Å². The van der Waals surface area contributed by atoms with Crippen molar-refractivity contribution in [1.82, 2.24) is 9.80 Å². The summed E-state index contributed by atoms with van der Waals surface area (Å²) in [7, 11) is 0. The Morgan fingerprint density at radius 1 is 1.19 bits per heavy atom.